The van der Waals surface area contributed by atoms with Crippen molar-refractivity contribution in [1.82, 2.24) is 0 Å². The van der Waals surface area contributed by atoms with Crippen LogP contribution in [-0.2, 0) is 28.3 Å². The van der Waals surface area contributed by atoms with Gasteiger partial charge in [0.05, 0.1) is 0 Å². The Morgan fingerprint density at radius 2 is 1.25 bits per heavy atom. The molecule has 5 rings (SSSR count). The van der Waals surface area contributed by atoms with Crippen LogP contribution < -0.4 is 9.47 Å². The van der Waals surface area contributed by atoms with Gasteiger partial charge in [-0.3, -0.25) is 4.79 Å². The highest BCUT2D eigenvalue weighted by Gasteiger charge is 2.53. The minimum absolute atomic E-state index is 0.0549. The van der Waals surface area contributed by atoms with E-state index in [4.69, 9.17) is 14.2 Å². The highest BCUT2D eigenvalue weighted by molar-refractivity contribution is 6.34. The average Bonchev–Trinajstić information content (AvgIpc) is 2.94. The first-order valence-corrected chi connectivity index (χ1v) is 12.0. The van der Waals surface area contributed by atoms with Gasteiger partial charge in [-0.15, -0.1) is 0 Å². The van der Waals surface area contributed by atoms with Crippen molar-refractivity contribution in [2.24, 2.45) is 0 Å². The molecule has 36 heavy (non-hydrogen) atoms. The number of hydrogen-bond donors (Lipinski definition) is 0. The predicted octanol–water partition coefficient (Wildman–Crippen LogP) is 6.74. The molecule has 0 bridgehead atoms. The molecule has 0 saturated carbocycles. The number of hydrogen-bond acceptors (Lipinski definition) is 4. The Morgan fingerprint density at radius 1 is 0.667 bits per heavy atom. The molecule has 180 valence electrons. The fraction of sp³-hybridized carbons (Fsp3) is 0.156. The van der Waals surface area contributed by atoms with Gasteiger partial charge in [0.2, 0.25) is 5.78 Å². The van der Waals surface area contributed by atoms with Crippen molar-refractivity contribution in [3.8, 4) is 11.5 Å². The predicted molar refractivity (Wildman–Crippen MR) is 141 cm³/mol. The fourth-order valence-electron chi connectivity index (χ4n) is 4.69. The molecule has 0 saturated heterocycles. The summed E-state index contributed by atoms with van der Waals surface area (Å²) in [7, 11) is 1.58. The molecule has 0 heterocycles. The second kappa shape index (κ2) is 10.2. The zero-order valence-electron chi connectivity index (χ0n) is 20.4. The molecule has 0 N–H and O–H groups in total. The van der Waals surface area contributed by atoms with E-state index in [1.807, 2.05) is 116 Å². The van der Waals surface area contributed by atoms with E-state index in [9.17, 15) is 4.79 Å². The van der Waals surface area contributed by atoms with Crippen molar-refractivity contribution >= 4 is 11.4 Å². The minimum atomic E-state index is -1.11. The summed E-state index contributed by atoms with van der Waals surface area (Å²) in [5, 5.41) is 0. The quantitative estimate of drug-likeness (QED) is 0.268. The van der Waals surface area contributed by atoms with Crippen molar-refractivity contribution in [2.45, 2.75) is 25.7 Å². The maximum absolute atomic E-state index is 13.6. The van der Waals surface area contributed by atoms with Gasteiger partial charge in [0.25, 0.3) is 0 Å². The number of rotatable bonds is 9. The zero-order valence-corrected chi connectivity index (χ0v) is 20.4. The lowest BCUT2D eigenvalue weighted by molar-refractivity contribution is -0.135. The third-order valence-corrected chi connectivity index (χ3v) is 6.64. The summed E-state index contributed by atoms with van der Waals surface area (Å²) in [4.78, 5) is 13.6. The Bertz CT molecular complexity index is 1370. The molecule has 0 aromatic heterocycles. The Labute approximate surface area is 211 Å². The number of methoxy groups -OCH3 is 1. The molecule has 0 fully saturated rings. The van der Waals surface area contributed by atoms with Gasteiger partial charge in [-0.1, -0.05) is 84.9 Å². The first kappa shape index (κ1) is 23.6. The molecule has 1 aliphatic carbocycles. The van der Waals surface area contributed by atoms with E-state index >= 15 is 0 Å². The van der Waals surface area contributed by atoms with Crippen LogP contribution in [0.2, 0.25) is 0 Å². The first-order valence-electron chi connectivity index (χ1n) is 12.0. The zero-order chi connectivity index (χ0) is 25.0. The van der Waals surface area contributed by atoms with Gasteiger partial charge in [0.15, 0.2) is 5.60 Å². The van der Waals surface area contributed by atoms with Crippen LogP contribution in [0.15, 0.2) is 115 Å². The molecule has 0 amide bonds. The first-order chi connectivity index (χ1) is 17.6. The lowest BCUT2D eigenvalue weighted by Crippen LogP contribution is -2.48. The van der Waals surface area contributed by atoms with Crippen LogP contribution in [0.1, 0.15) is 29.2 Å². The van der Waals surface area contributed by atoms with Gasteiger partial charge >= 0.3 is 0 Å². The topological polar surface area (TPSA) is 44.8 Å². The van der Waals surface area contributed by atoms with Gasteiger partial charge in [0.1, 0.15) is 24.7 Å². The molecular weight excluding hydrogens is 448 g/mol. The van der Waals surface area contributed by atoms with Crippen LogP contribution >= 0.6 is 0 Å². The van der Waals surface area contributed by atoms with E-state index in [1.54, 1.807) is 7.11 Å². The van der Waals surface area contributed by atoms with E-state index in [-0.39, 0.29) is 5.78 Å². The standard InChI is InChI=1S/C32H28O4/c1-23-30(26-16-18-28(19-17-26)35-21-24-10-5-3-6-11-24)31(33)32(23,34-2)27-14-9-15-29(20-27)36-22-25-12-7-4-8-13-25/h3-20H,21-22H2,1-2H3. The monoisotopic (exact) mass is 476 g/mol. The second-order valence-electron chi connectivity index (χ2n) is 8.82. The molecule has 1 atom stereocenters. The summed E-state index contributed by atoms with van der Waals surface area (Å²) in [6.45, 7) is 2.91. The van der Waals surface area contributed by atoms with E-state index in [0.29, 0.717) is 24.5 Å². The molecule has 4 aromatic rings. The summed E-state index contributed by atoms with van der Waals surface area (Å²) in [5.74, 6) is 1.40. The number of ketones is 1. The number of Topliss-reactive ketones (excluding diaryl/α,β-unsaturated/α-hetero) is 1. The lowest BCUT2D eigenvalue weighted by atomic mass is 9.66. The molecule has 4 heteroatoms. The molecule has 4 nitrogen and oxygen atoms in total. The van der Waals surface area contributed by atoms with Crippen molar-refractivity contribution in [1.29, 1.82) is 0 Å². The van der Waals surface area contributed by atoms with Crippen LogP contribution in [0.5, 0.6) is 11.5 Å². The van der Waals surface area contributed by atoms with Crippen molar-refractivity contribution in [3.05, 3.63) is 137 Å². The largest absolute Gasteiger partial charge is 0.489 e. The van der Waals surface area contributed by atoms with Gasteiger partial charge < -0.3 is 14.2 Å². The smallest absolute Gasteiger partial charge is 0.204 e. The highest BCUT2D eigenvalue weighted by atomic mass is 16.5. The molecule has 0 aliphatic heterocycles. The van der Waals surface area contributed by atoms with Gasteiger partial charge in [0, 0.05) is 12.7 Å². The molecular formula is C32H28O4. The Morgan fingerprint density at radius 3 is 1.81 bits per heavy atom. The highest BCUT2D eigenvalue weighted by Crippen LogP contribution is 2.50. The maximum Gasteiger partial charge on any atom is 0.204 e. The third kappa shape index (κ3) is 4.43. The van der Waals surface area contributed by atoms with Crippen LogP contribution in [-0.4, -0.2) is 12.9 Å². The summed E-state index contributed by atoms with van der Waals surface area (Å²) < 4.78 is 17.8. The number of benzene rings is 4. The fourth-order valence-corrected chi connectivity index (χ4v) is 4.69. The van der Waals surface area contributed by atoms with E-state index in [1.165, 1.54) is 0 Å². The van der Waals surface area contributed by atoms with E-state index in [2.05, 4.69) is 0 Å². The second-order valence-corrected chi connectivity index (χ2v) is 8.82. The Kier molecular flexibility index (Phi) is 6.70. The SMILES string of the molecule is COC1(c2cccc(OCc3ccccc3)c2)C(=O)C(c2ccc(OCc3ccccc3)cc2)=C1C. The minimum Gasteiger partial charge on any atom is -0.489 e. The van der Waals surface area contributed by atoms with Crippen molar-refractivity contribution in [2.75, 3.05) is 7.11 Å². The van der Waals surface area contributed by atoms with Crippen molar-refractivity contribution < 1.29 is 19.0 Å². The average molecular weight is 477 g/mol. The summed E-state index contributed by atoms with van der Waals surface area (Å²) in [5.41, 5.74) is 4.27. The molecule has 1 aliphatic rings. The normalized spacial score (nSPS) is 17.0. The lowest BCUT2D eigenvalue weighted by Gasteiger charge is -2.42. The summed E-state index contributed by atoms with van der Waals surface area (Å²) in [6, 6.07) is 35.3. The van der Waals surface area contributed by atoms with Crippen LogP contribution in [0.3, 0.4) is 0 Å². The number of carbonyl (C=O) groups is 1. The molecule has 4 aromatic carbocycles. The van der Waals surface area contributed by atoms with Gasteiger partial charge in [-0.25, -0.2) is 0 Å². The maximum atomic E-state index is 13.6. The molecule has 1 unspecified atom stereocenters. The van der Waals surface area contributed by atoms with E-state index < -0.39 is 5.60 Å². The van der Waals surface area contributed by atoms with Crippen LogP contribution in [0, 0.1) is 0 Å². The van der Waals surface area contributed by atoms with Crippen molar-refractivity contribution in [3.63, 3.8) is 0 Å². The number of ether oxygens (including phenoxy) is 3. The van der Waals surface area contributed by atoms with Gasteiger partial charge in [-0.2, -0.15) is 0 Å². The van der Waals surface area contributed by atoms with Gasteiger partial charge in [-0.05, 0) is 59.0 Å². The van der Waals surface area contributed by atoms with E-state index in [0.717, 1.165) is 33.6 Å². The number of carbonyl (C=O) groups excluding carboxylic acids is 1. The molecule has 0 radical (unpaired) electrons. The Hall–Kier alpha value is -4.15. The summed E-state index contributed by atoms with van der Waals surface area (Å²) >= 11 is 0. The van der Waals surface area contributed by atoms with Crippen LogP contribution in [0.25, 0.3) is 5.57 Å². The Balaban J connectivity index is 1.34. The summed E-state index contributed by atoms with van der Waals surface area (Å²) in [6.07, 6.45) is 0. The third-order valence-electron chi connectivity index (χ3n) is 6.64. The molecule has 0 spiro atoms. The van der Waals surface area contributed by atoms with Crippen LogP contribution in [0.4, 0.5) is 0 Å².